The van der Waals surface area contributed by atoms with Crippen LogP contribution in [0, 0.1) is 0 Å². The first-order valence-corrected chi connectivity index (χ1v) is 11.1. The van der Waals surface area contributed by atoms with Crippen LogP contribution in [0.3, 0.4) is 0 Å². The number of anilines is 1. The number of fused-ring (bicyclic) bond motifs is 1. The van der Waals surface area contributed by atoms with Crippen molar-refractivity contribution in [3.8, 4) is 5.75 Å². The third kappa shape index (κ3) is 5.58. The maximum Gasteiger partial charge on any atom is 0.343 e. The molecule has 33 heavy (non-hydrogen) atoms. The zero-order valence-electron chi connectivity index (χ0n) is 17.7. The molecule has 8 nitrogen and oxygen atoms in total. The Morgan fingerprint density at radius 3 is 2.79 bits per heavy atom. The summed E-state index contributed by atoms with van der Waals surface area (Å²) in [4.78, 5) is 33.0. The molecule has 0 spiro atoms. The van der Waals surface area contributed by atoms with Crippen LogP contribution in [0.2, 0.25) is 0 Å². The molecule has 0 saturated carbocycles. The van der Waals surface area contributed by atoms with Gasteiger partial charge in [-0.05, 0) is 31.2 Å². The minimum atomic E-state index is -0.486. The van der Waals surface area contributed by atoms with Crippen molar-refractivity contribution >= 4 is 45.5 Å². The van der Waals surface area contributed by atoms with Gasteiger partial charge >= 0.3 is 11.9 Å². The van der Waals surface area contributed by atoms with Crippen LogP contribution in [0.15, 0.2) is 71.3 Å². The highest BCUT2D eigenvalue weighted by Gasteiger charge is 2.15. The molecule has 0 aliphatic carbocycles. The lowest BCUT2D eigenvalue weighted by molar-refractivity contribution is -0.142. The number of hydrazone groups is 1. The Bertz CT molecular complexity index is 1300. The maximum atomic E-state index is 12.7. The molecule has 2 heterocycles. The smallest absolute Gasteiger partial charge is 0.343 e. The molecular weight excluding hydrogens is 440 g/mol. The van der Waals surface area contributed by atoms with Gasteiger partial charge in [0.15, 0.2) is 5.75 Å². The highest BCUT2D eigenvalue weighted by molar-refractivity contribution is 7.13. The predicted octanol–water partition coefficient (Wildman–Crippen LogP) is 4.46. The molecule has 4 rings (SSSR count). The standard InChI is InChI=1S/C24H20N4O4S/c1-2-31-20(29)13-19-15-33-24(27-19)28-26-14-18-11-10-16-9-6-12-25-21(16)22(18)32-23(30)17-7-4-3-5-8-17/h3-12,14-15H,2,13H2,1H3,(H,27,28). The van der Waals surface area contributed by atoms with Crippen molar-refractivity contribution in [3.63, 3.8) is 0 Å². The second-order valence-corrected chi connectivity index (χ2v) is 7.67. The largest absolute Gasteiger partial charge is 0.466 e. The molecule has 0 aliphatic rings. The molecule has 0 unspecified atom stereocenters. The minimum absolute atomic E-state index is 0.103. The molecule has 4 aromatic rings. The van der Waals surface area contributed by atoms with Crippen molar-refractivity contribution in [1.82, 2.24) is 9.97 Å². The van der Waals surface area contributed by atoms with Gasteiger partial charge in [0.2, 0.25) is 5.13 Å². The summed E-state index contributed by atoms with van der Waals surface area (Å²) in [6, 6.07) is 16.1. The number of rotatable bonds is 8. The average molecular weight is 461 g/mol. The number of esters is 2. The fraction of sp³-hybridized carbons (Fsp3) is 0.125. The van der Waals surface area contributed by atoms with Gasteiger partial charge in [0.25, 0.3) is 0 Å². The first-order chi connectivity index (χ1) is 16.1. The molecule has 0 radical (unpaired) electrons. The van der Waals surface area contributed by atoms with Gasteiger partial charge in [-0.25, -0.2) is 9.78 Å². The molecule has 0 saturated heterocycles. The molecule has 0 fully saturated rings. The average Bonchev–Trinajstić information content (AvgIpc) is 3.28. The summed E-state index contributed by atoms with van der Waals surface area (Å²) < 4.78 is 10.7. The van der Waals surface area contributed by atoms with Crippen LogP contribution in [-0.4, -0.2) is 34.7 Å². The summed E-state index contributed by atoms with van der Waals surface area (Å²) in [6.45, 7) is 2.09. The lowest BCUT2D eigenvalue weighted by Gasteiger charge is -2.10. The summed E-state index contributed by atoms with van der Waals surface area (Å²) in [7, 11) is 0. The number of benzene rings is 2. The molecule has 0 atom stereocenters. The lowest BCUT2D eigenvalue weighted by atomic mass is 10.1. The molecule has 0 aliphatic heterocycles. The van der Waals surface area contributed by atoms with Gasteiger partial charge in [-0.2, -0.15) is 5.10 Å². The van der Waals surface area contributed by atoms with Gasteiger partial charge in [0.05, 0.1) is 30.5 Å². The van der Waals surface area contributed by atoms with E-state index in [2.05, 4.69) is 20.5 Å². The Balaban J connectivity index is 1.54. The van der Waals surface area contributed by atoms with E-state index in [0.717, 1.165) is 5.39 Å². The number of thiazole rings is 1. The fourth-order valence-corrected chi connectivity index (χ4v) is 3.68. The predicted molar refractivity (Wildman–Crippen MR) is 127 cm³/mol. The Morgan fingerprint density at radius 1 is 1.12 bits per heavy atom. The van der Waals surface area contributed by atoms with Crippen molar-refractivity contribution in [1.29, 1.82) is 0 Å². The summed E-state index contributed by atoms with van der Waals surface area (Å²) >= 11 is 1.32. The molecule has 9 heteroatoms. The van der Waals surface area contributed by atoms with Crippen LogP contribution in [-0.2, 0) is 16.0 Å². The van der Waals surface area contributed by atoms with E-state index in [-0.39, 0.29) is 12.4 Å². The van der Waals surface area contributed by atoms with Gasteiger partial charge in [-0.3, -0.25) is 15.2 Å². The lowest BCUT2D eigenvalue weighted by Crippen LogP contribution is -2.10. The maximum absolute atomic E-state index is 12.7. The molecular formula is C24H20N4O4S. The number of carbonyl (C=O) groups is 2. The quantitative estimate of drug-likeness (QED) is 0.179. The molecule has 1 N–H and O–H groups in total. The summed E-state index contributed by atoms with van der Waals surface area (Å²) in [5.41, 5.74) is 5.00. The van der Waals surface area contributed by atoms with E-state index in [9.17, 15) is 9.59 Å². The minimum Gasteiger partial charge on any atom is -0.466 e. The first-order valence-electron chi connectivity index (χ1n) is 10.2. The number of nitrogens with zero attached hydrogens (tertiary/aromatic N) is 3. The molecule has 2 aromatic carbocycles. The fourth-order valence-electron chi connectivity index (χ4n) is 3.03. The second kappa shape index (κ2) is 10.5. The number of ether oxygens (including phenoxy) is 2. The van der Waals surface area contributed by atoms with Crippen LogP contribution in [0.5, 0.6) is 5.75 Å². The van der Waals surface area contributed by atoms with E-state index in [4.69, 9.17) is 9.47 Å². The number of hydrogen-bond donors (Lipinski definition) is 1. The van der Waals surface area contributed by atoms with Crippen molar-refractivity contribution in [2.24, 2.45) is 5.10 Å². The Labute approximate surface area is 193 Å². The van der Waals surface area contributed by atoms with Crippen molar-refractivity contribution < 1.29 is 19.1 Å². The zero-order valence-corrected chi connectivity index (χ0v) is 18.5. The van der Waals surface area contributed by atoms with E-state index in [1.165, 1.54) is 17.6 Å². The number of carbonyl (C=O) groups excluding carboxylic acids is 2. The van der Waals surface area contributed by atoms with E-state index in [1.54, 1.807) is 48.8 Å². The van der Waals surface area contributed by atoms with E-state index in [1.807, 2.05) is 24.3 Å². The van der Waals surface area contributed by atoms with Gasteiger partial charge in [0.1, 0.15) is 5.52 Å². The zero-order chi connectivity index (χ0) is 23.0. The molecule has 166 valence electrons. The Kier molecular flexibility index (Phi) is 7.01. The molecule has 0 amide bonds. The van der Waals surface area contributed by atoms with Gasteiger partial charge in [0, 0.05) is 22.5 Å². The van der Waals surface area contributed by atoms with Crippen molar-refractivity contribution in [2.45, 2.75) is 13.3 Å². The first kappa shape index (κ1) is 22.1. The van der Waals surface area contributed by atoms with Crippen LogP contribution in [0.4, 0.5) is 5.13 Å². The normalized spacial score (nSPS) is 10.9. The Morgan fingerprint density at radius 2 is 1.97 bits per heavy atom. The third-order valence-electron chi connectivity index (χ3n) is 4.51. The van der Waals surface area contributed by atoms with Gasteiger partial charge in [-0.1, -0.05) is 30.3 Å². The number of aromatic nitrogens is 2. The van der Waals surface area contributed by atoms with Crippen LogP contribution >= 0.6 is 11.3 Å². The van der Waals surface area contributed by atoms with Crippen molar-refractivity contribution in [3.05, 3.63) is 83.0 Å². The monoisotopic (exact) mass is 460 g/mol. The topological polar surface area (TPSA) is 103 Å². The van der Waals surface area contributed by atoms with E-state index < -0.39 is 5.97 Å². The number of hydrogen-bond acceptors (Lipinski definition) is 9. The van der Waals surface area contributed by atoms with Crippen molar-refractivity contribution in [2.75, 3.05) is 12.0 Å². The molecule has 0 bridgehead atoms. The highest BCUT2D eigenvalue weighted by atomic mass is 32.1. The number of nitrogens with one attached hydrogen (secondary N) is 1. The summed E-state index contributed by atoms with van der Waals surface area (Å²) in [5.74, 6) is -0.499. The number of pyridine rings is 1. The van der Waals surface area contributed by atoms with E-state index in [0.29, 0.717) is 39.8 Å². The van der Waals surface area contributed by atoms with Gasteiger partial charge < -0.3 is 9.47 Å². The van der Waals surface area contributed by atoms with Crippen LogP contribution in [0.1, 0.15) is 28.5 Å². The highest BCUT2D eigenvalue weighted by Crippen LogP contribution is 2.28. The van der Waals surface area contributed by atoms with Crippen LogP contribution < -0.4 is 10.2 Å². The molecule has 2 aromatic heterocycles. The summed E-state index contributed by atoms with van der Waals surface area (Å²) in [5, 5.41) is 7.35. The Hall–Kier alpha value is -4.11. The van der Waals surface area contributed by atoms with Crippen LogP contribution in [0.25, 0.3) is 10.9 Å². The van der Waals surface area contributed by atoms with E-state index >= 15 is 0 Å². The second-order valence-electron chi connectivity index (χ2n) is 6.81. The van der Waals surface area contributed by atoms with Gasteiger partial charge in [-0.15, -0.1) is 11.3 Å². The third-order valence-corrected chi connectivity index (χ3v) is 5.31. The summed E-state index contributed by atoms with van der Waals surface area (Å²) in [6.07, 6.45) is 3.28. The SMILES string of the molecule is CCOC(=O)Cc1csc(NN=Cc2ccc3cccnc3c2OC(=O)c2ccccc2)n1.